The van der Waals surface area contributed by atoms with Gasteiger partial charge >= 0.3 is 12.0 Å². The summed E-state index contributed by atoms with van der Waals surface area (Å²) in [5.74, 6) is 0.714. The summed E-state index contributed by atoms with van der Waals surface area (Å²) in [4.78, 5) is 24.9. The molecule has 1 aromatic rings. The number of ether oxygens (including phenoxy) is 3. The highest BCUT2D eigenvalue weighted by molar-refractivity contribution is 5.95. The number of hydrogen-bond donors (Lipinski definition) is 2. The lowest BCUT2D eigenvalue weighted by Gasteiger charge is -2.29. The molecule has 2 N–H and O–H groups in total. The van der Waals surface area contributed by atoms with Crippen molar-refractivity contribution in [1.82, 2.24) is 10.6 Å². The van der Waals surface area contributed by atoms with E-state index in [2.05, 4.69) is 17.6 Å². The van der Waals surface area contributed by atoms with Crippen LogP contribution in [0.4, 0.5) is 4.79 Å². The van der Waals surface area contributed by atoms with E-state index in [1.165, 1.54) is 0 Å². The number of benzene rings is 1. The van der Waals surface area contributed by atoms with Gasteiger partial charge in [-0.2, -0.15) is 0 Å². The number of carbonyl (C=O) groups is 2. The molecule has 0 bridgehead atoms. The quantitative estimate of drug-likeness (QED) is 0.645. The second-order valence-corrected chi connectivity index (χ2v) is 6.09. The van der Waals surface area contributed by atoms with Gasteiger partial charge in [0.2, 0.25) is 0 Å². The Morgan fingerprint density at radius 1 is 1.15 bits per heavy atom. The summed E-state index contributed by atoms with van der Waals surface area (Å²) in [6.45, 7) is 6.48. The maximum absolute atomic E-state index is 12.7. The first-order valence-electron chi connectivity index (χ1n) is 9.34. The number of unbranched alkanes of at least 4 members (excludes halogenated alkanes) is 1. The Balaban J connectivity index is 2.50. The van der Waals surface area contributed by atoms with Crippen molar-refractivity contribution < 1.29 is 23.8 Å². The van der Waals surface area contributed by atoms with E-state index in [0.29, 0.717) is 35.8 Å². The molecule has 7 nitrogen and oxygen atoms in total. The van der Waals surface area contributed by atoms with Gasteiger partial charge < -0.3 is 24.8 Å². The van der Waals surface area contributed by atoms with Crippen LogP contribution in [-0.2, 0) is 9.53 Å². The normalized spacial score (nSPS) is 16.4. The summed E-state index contributed by atoms with van der Waals surface area (Å²) in [5, 5.41) is 5.60. The predicted molar refractivity (Wildman–Crippen MR) is 102 cm³/mol. The Morgan fingerprint density at radius 3 is 2.56 bits per heavy atom. The number of hydrogen-bond acceptors (Lipinski definition) is 5. The molecule has 0 saturated carbocycles. The fourth-order valence-corrected chi connectivity index (χ4v) is 3.01. The van der Waals surface area contributed by atoms with Gasteiger partial charge in [0.05, 0.1) is 31.9 Å². The van der Waals surface area contributed by atoms with Crippen LogP contribution >= 0.6 is 0 Å². The molecule has 2 rings (SSSR count). The van der Waals surface area contributed by atoms with E-state index in [-0.39, 0.29) is 12.6 Å². The molecule has 1 atom stereocenters. The molecule has 1 heterocycles. The van der Waals surface area contributed by atoms with Crippen LogP contribution in [-0.4, -0.2) is 32.3 Å². The summed E-state index contributed by atoms with van der Waals surface area (Å²) in [7, 11) is 1.55. The second kappa shape index (κ2) is 9.85. The number of methoxy groups -OCH3 is 1. The van der Waals surface area contributed by atoms with Crippen molar-refractivity contribution in [2.75, 3.05) is 20.3 Å². The van der Waals surface area contributed by atoms with Crippen molar-refractivity contribution in [3.63, 3.8) is 0 Å². The minimum Gasteiger partial charge on any atom is -0.493 e. The van der Waals surface area contributed by atoms with Crippen molar-refractivity contribution in [3.05, 3.63) is 35.0 Å². The van der Waals surface area contributed by atoms with E-state index in [4.69, 9.17) is 14.2 Å². The zero-order chi connectivity index (χ0) is 19.8. The third kappa shape index (κ3) is 4.93. The van der Waals surface area contributed by atoms with Crippen molar-refractivity contribution >= 4 is 12.0 Å². The molecule has 7 heteroatoms. The van der Waals surface area contributed by atoms with Gasteiger partial charge in [0.1, 0.15) is 0 Å². The van der Waals surface area contributed by atoms with Crippen LogP contribution in [0.5, 0.6) is 11.5 Å². The number of nitrogens with one attached hydrogen (secondary N) is 2. The van der Waals surface area contributed by atoms with Gasteiger partial charge in [0.25, 0.3) is 0 Å². The van der Waals surface area contributed by atoms with E-state index < -0.39 is 12.0 Å². The molecule has 1 aliphatic heterocycles. The fourth-order valence-electron chi connectivity index (χ4n) is 3.01. The third-order valence-corrected chi connectivity index (χ3v) is 4.25. The lowest BCUT2D eigenvalue weighted by atomic mass is 9.93. The van der Waals surface area contributed by atoms with Crippen LogP contribution in [0.25, 0.3) is 0 Å². The molecular weight excluding hydrogens is 348 g/mol. The summed E-state index contributed by atoms with van der Waals surface area (Å²) < 4.78 is 16.2. The SMILES string of the molecule is CCCCC1=C(C(=O)OCC)C(c2ccc(OCC)c(OC)c2)NC(=O)N1. The maximum Gasteiger partial charge on any atom is 0.338 e. The van der Waals surface area contributed by atoms with Gasteiger partial charge in [0.15, 0.2) is 11.5 Å². The van der Waals surface area contributed by atoms with Crippen LogP contribution in [0.1, 0.15) is 51.6 Å². The standard InChI is InChI=1S/C20H28N2O5/c1-5-8-9-14-17(19(23)27-7-3)18(22-20(24)21-14)13-10-11-15(26-6-2)16(12-13)25-4/h10-12,18H,5-9H2,1-4H3,(H2,21,22,24). The van der Waals surface area contributed by atoms with Crippen molar-refractivity contribution in [1.29, 1.82) is 0 Å². The Hall–Kier alpha value is -2.70. The minimum atomic E-state index is -0.616. The number of allylic oxidation sites excluding steroid dienone is 1. The van der Waals surface area contributed by atoms with Gasteiger partial charge in [0, 0.05) is 5.70 Å². The molecule has 0 aliphatic carbocycles. The van der Waals surface area contributed by atoms with Crippen molar-refractivity contribution in [3.8, 4) is 11.5 Å². The van der Waals surface area contributed by atoms with E-state index in [0.717, 1.165) is 18.4 Å². The summed E-state index contributed by atoms with van der Waals surface area (Å²) in [5.41, 5.74) is 1.76. The van der Waals surface area contributed by atoms with Crippen molar-refractivity contribution in [2.24, 2.45) is 0 Å². The topological polar surface area (TPSA) is 85.9 Å². The van der Waals surface area contributed by atoms with Gasteiger partial charge in [-0.25, -0.2) is 9.59 Å². The van der Waals surface area contributed by atoms with E-state index in [9.17, 15) is 9.59 Å². The maximum atomic E-state index is 12.7. The van der Waals surface area contributed by atoms with Crippen molar-refractivity contribution in [2.45, 2.75) is 46.1 Å². The second-order valence-electron chi connectivity index (χ2n) is 6.09. The largest absolute Gasteiger partial charge is 0.493 e. The zero-order valence-corrected chi connectivity index (χ0v) is 16.4. The smallest absolute Gasteiger partial charge is 0.338 e. The van der Waals surface area contributed by atoms with Crippen LogP contribution in [0.15, 0.2) is 29.5 Å². The number of urea groups is 1. The highest BCUT2D eigenvalue weighted by Crippen LogP contribution is 2.35. The highest BCUT2D eigenvalue weighted by atomic mass is 16.5. The zero-order valence-electron chi connectivity index (χ0n) is 16.4. The molecule has 148 valence electrons. The summed E-state index contributed by atoms with van der Waals surface area (Å²) >= 11 is 0. The van der Waals surface area contributed by atoms with Crippen LogP contribution < -0.4 is 20.1 Å². The Kier molecular flexibility index (Phi) is 7.52. The predicted octanol–water partition coefficient (Wildman–Crippen LogP) is 3.46. The first-order chi connectivity index (χ1) is 13.0. The monoisotopic (exact) mass is 376 g/mol. The lowest BCUT2D eigenvalue weighted by molar-refractivity contribution is -0.139. The fraction of sp³-hybridized carbons (Fsp3) is 0.500. The van der Waals surface area contributed by atoms with Gasteiger partial charge in [-0.15, -0.1) is 0 Å². The van der Waals surface area contributed by atoms with Crippen LogP contribution in [0.3, 0.4) is 0 Å². The van der Waals surface area contributed by atoms with Crippen LogP contribution in [0, 0.1) is 0 Å². The molecule has 0 aromatic heterocycles. The number of amides is 2. The number of rotatable bonds is 9. The lowest BCUT2D eigenvalue weighted by Crippen LogP contribution is -2.46. The summed E-state index contributed by atoms with van der Waals surface area (Å²) in [6, 6.07) is 4.42. The molecular formula is C20H28N2O5. The van der Waals surface area contributed by atoms with Crippen LogP contribution in [0.2, 0.25) is 0 Å². The van der Waals surface area contributed by atoms with Gasteiger partial charge in [-0.05, 0) is 44.4 Å². The first kappa shape index (κ1) is 20.6. The Labute approximate surface area is 160 Å². The molecule has 0 fully saturated rings. The van der Waals surface area contributed by atoms with Gasteiger partial charge in [-0.1, -0.05) is 19.4 Å². The van der Waals surface area contributed by atoms with E-state index in [1.807, 2.05) is 13.0 Å². The van der Waals surface area contributed by atoms with E-state index >= 15 is 0 Å². The highest BCUT2D eigenvalue weighted by Gasteiger charge is 2.33. The Bertz CT molecular complexity index is 714. The first-order valence-corrected chi connectivity index (χ1v) is 9.34. The molecule has 1 unspecified atom stereocenters. The average molecular weight is 376 g/mol. The molecule has 1 aliphatic rings. The molecule has 0 radical (unpaired) electrons. The van der Waals surface area contributed by atoms with E-state index in [1.54, 1.807) is 26.2 Å². The van der Waals surface area contributed by atoms with Gasteiger partial charge in [-0.3, -0.25) is 0 Å². The third-order valence-electron chi connectivity index (χ3n) is 4.25. The Morgan fingerprint density at radius 2 is 1.93 bits per heavy atom. The minimum absolute atomic E-state index is 0.261. The molecule has 0 saturated heterocycles. The summed E-state index contributed by atoms with van der Waals surface area (Å²) in [6.07, 6.45) is 2.41. The molecule has 27 heavy (non-hydrogen) atoms. The molecule has 1 aromatic carbocycles. The molecule has 0 spiro atoms. The number of carbonyl (C=O) groups excluding carboxylic acids is 2. The average Bonchev–Trinajstić information content (AvgIpc) is 2.66. The number of esters is 1. The molecule has 2 amide bonds.